The zero-order valence-electron chi connectivity index (χ0n) is 12.1. The molecular formula is C12H13N3O5S3. The van der Waals surface area contributed by atoms with E-state index in [2.05, 4.69) is 10.3 Å². The fourth-order valence-corrected chi connectivity index (χ4v) is 4.27. The van der Waals surface area contributed by atoms with Gasteiger partial charge in [-0.05, 0) is 12.1 Å². The molecule has 1 atom stereocenters. The molecule has 2 rings (SSSR count). The lowest BCUT2D eigenvalue weighted by atomic mass is 10.1. The Morgan fingerprint density at radius 3 is 2.70 bits per heavy atom. The predicted octanol–water partition coefficient (Wildman–Crippen LogP) is 1.67. The minimum atomic E-state index is -3.92. The highest BCUT2D eigenvalue weighted by atomic mass is 32.3. The first-order valence-electron chi connectivity index (χ1n) is 6.13. The second-order valence-electron chi connectivity index (χ2n) is 4.49. The third kappa shape index (κ3) is 4.34. The number of amides is 1. The number of thiazole rings is 1. The molecule has 0 bridgehead atoms. The number of hydrogen-bond donors (Lipinski definition) is 2. The topological polar surface area (TPSA) is 117 Å². The molecule has 1 aromatic heterocycles. The number of benzene rings is 1. The Kier molecular flexibility index (Phi) is 5.14. The normalized spacial score (nSPS) is 12.7. The van der Waals surface area contributed by atoms with Gasteiger partial charge in [0.1, 0.15) is 0 Å². The molecule has 2 aromatic rings. The third-order valence-electron chi connectivity index (χ3n) is 2.58. The lowest BCUT2D eigenvalue weighted by Crippen LogP contribution is -2.31. The monoisotopic (exact) mass is 375 g/mol. The van der Waals surface area contributed by atoms with Crippen molar-refractivity contribution in [2.45, 2.75) is 6.92 Å². The third-order valence-corrected chi connectivity index (χ3v) is 5.84. The Balaban J connectivity index is 2.42. The quantitative estimate of drug-likeness (QED) is 0.768. The van der Waals surface area contributed by atoms with E-state index in [0.29, 0.717) is 20.1 Å². The molecule has 0 fully saturated rings. The van der Waals surface area contributed by atoms with Gasteiger partial charge in [0.2, 0.25) is 15.9 Å². The van der Waals surface area contributed by atoms with Crippen LogP contribution in [0.4, 0.5) is 10.8 Å². The number of nitrogens with zero attached hydrogens (tertiary/aromatic N) is 2. The van der Waals surface area contributed by atoms with Crippen LogP contribution < -0.4 is 9.03 Å². The van der Waals surface area contributed by atoms with Gasteiger partial charge in [-0.3, -0.25) is 9.35 Å². The van der Waals surface area contributed by atoms with Crippen LogP contribution in [0.15, 0.2) is 29.6 Å². The lowest BCUT2D eigenvalue weighted by Gasteiger charge is -2.17. The summed E-state index contributed by atoms with van der Waals surface area (Å²) >= 11 is -1.51. The number of anilines is 2. The van der Waals surface area contributed by atoms with Crippen LogP contribution in [0, 0.1) is 0 Å². The van der Waals surface area contributed by atoms with Gasteiger partial charge in [0.05, 0.1) is 17.6 Å². The molecule has 0 saturated carbocycles. The van der Waals surface area contributed by atoms with Gasteiger partial charge in [0.15, 0.2) is 5.13 Å². The van der Waals surface area contributed by atoms with E-state index >= 15 is 0 Å². The van der Waals surface area contributed by atoms with Gasteiger partial charge in [0.25, 0.3) is 11.3 Å². The summed E-state index contributed by atoms with van der Waals surface area (Å²) in [5.74, 6) is -0.251. The van der Waals surface area contributed by atoms with Crippen molar-refractivity contribution in [1.82, 2.24) is 4.98 Å². The van der Waals surface area contributed by atoms with E-state index in [9.17, 15) is 22.0 Å². The van der Waals surface area contributed by atoms with Crippen LogP contribution in [0.5, 0.6) is 0 Å². The van der Waals surface area contributed by atoms with Crippen LogP contribution in [0.2, 0.25) is 0 Å². The number of carbonyl (C=O) groups excluding carboxylic acids is 1. The summed E-state index contributed by atoms with van der Waals surface area (Å²) in [5.41, 5.74) is 1.10. The number of carbonyl (C=O) groups is 1. The molecule has 1 unspecified atom stereocenters. The molecule has 1 aromatic carbocycles. The lowest BCUT2D eigenvalue weighted by molar-refractivity contribution is -0.114. The maximum atomic E-state index is 11.7. The van der Waals surface area contributed by atoms with Crippen LogP contribution in [-0.4, -0.2) is 34.3 Å². The fourth-order valence-electron chi connectivity index (χ4n) is 1.79. The molecular weight excluding hydrogens is 362 g/mol. The average Bonchev–Trinajstić information content (AvgIpc) is 2.84. The van der Waals surface area contributed by atoms with E-state index in [1.54, 1.807) is 17.5 Å². The Hall–Kier alpha value is -1.82. The molecule has 0 aliphatic rings. The largest absolute Gasteiger partial charge is 0.302 e. The minimum absolute atomic E-state index is 0.0416. The highest BCUT2D eigenvalue weighted by Gasteiger charge is 2.23. The van der Waals surface area contributed by atoms with Crippen molar-refractivity contribution in [3.63, 3.8) is 0 Å². The van der Waals surface area contributed by atoms with Crippen molar-refractivity contribution >= 4 is 49.4 Å². The van der Waals surface area contributed by atoms with Gasteiger partial charge < -0.3 is 5.32 Å². The van der Waals surface area contributed by atoms with Crippen molar-refractivity contribution in [3.05, 3.63) is 29.6 Å². The summed E-state index contributed by atoms with van der Waals surface area (Å²) in [6, 6.07) is 6.06. The van der Waals surface area contributed by atoms with Crippen LogP contribution >= 0.6 is 11.3 Å². The molecule has 0 aliphatic carbocycles. The molecule has 0 radical (unpaired) electrons. The maximum Gasteiger partial charge on any atom is 0.276 e. The van der Waals surface area contributed by atoms with Crippen LogP contribution in [0.3, 0.4) is 0 Å². The van der Waals surface area contributed by atoms with Crippen LogP contribution in [0.1, 0.15) is 6.92 Å². The Labute approximate surface area is 139 Å². The summed E-state index contributed by atoms with van der Waals surface area (Å²) in [5, 5.41) is 4.64. The minimum Gasteiger partial charge on any atom is -0.302 e. The smallest absolute Gasteiger partial charge is 0.276 e. The van der Waals surface area contributed by atoms with Gasteiger partial charge in [-0.25, -0.2) is 17.6 Å². The van der Waals surface area contributed by atoms with E-state index in [0.717, 1.165) is 6.26 Å². The standard InChI is InChI=1S/C12H13N3O5S3/c1-8(16)13-12-14-11(7-21-12)9-4-3-5-10(6-9)15(22(17)18)23(2,19)20/h3-7H,1-2H3,(H,17,18)(H,13,14,16). The van der Waals surface area contributed by atoms with E-state index in [-0.39, 0.29) is 11.6 Å². The Morgan fingerprint density at radius 1 is 1.43 bits per heavy atom. The summed E-state index contributed by atoms with van der Waals surface area (Å²) in [6.07, 6.45) is 0.839. The SMILES string of the molecule is CC(=O)Nc1nc(-c2cccc(N(S(=O)O)S(C)(=O)=O)c2)cs1. The Morgan fingerprint density at radius 2 is 2.13 bits per heavy atom. The molecule has 23 heavy (non-hydrogen) atoms. The number of sulfonamides is 1. The highest BCUT2D eigenvalue weighted by Crippen LogP contribution is 2.29. The van der Waals surface area contributed by atoms with Crippen LogP contribution in [-0.2, 0) is 26.1 Å². The second-order valence-corrected chi connectivity index (χ2v) is 8.24. The second kappa shape index (κ2) is 6.74. The zero-order chi connectivity index (χ0) is 17.2. The summed E-state index contributed by atoms with van der Waals surface area (Å²) in [4.78, 5) is 15.2. The van der Waals surface area contributed by atoms with Gasteiger partial charge in [-0.15, -0.1) is 11.3 Å². The van der Waals surface area contributed by atoms with Crippen molar-refractivity contribution < 1.29 is 22.0 Å². The van der Waals surface area contributed by atoms with Gasteiger partial charge in [-0.1, -0.05) is 12.1 Å². The van der Waals surface area contributed by atoms with Gasteiger partial charge >= 0.3 is 0 Å². The molecule has 1 amide bonds. The average molecular weight is 375 g/mol. The first-order valence-corrected chi connectivity index (χ1v) is 9.92. The molecule has 0 spiro atoms. The molecule has 124 valence electrons. The maximum absolute atomic E-state index is 11.7. The van der Waals surface area contributed by atoms with Gasteiger partial charge in [0, 0.05) is 17.9 Å². The first-order chi connectivity index (χ1) is 10.7. The first kappa shape index (κ1) is 17.5. The van der Waals surface area contributed by atoms with E-state index in [4.69, 9.17) is 0 Å². The van der Waals surface area contributed by atoms with Gasteiger partial charge in [-0.2, -0.15) is 3.71 Å². The molecule has 1 heterocycles. The van der Waals surface area contributed by atoms with E-state index in [1.807, 2.05) is 0 Å². The summed E-state index contributed by atoms with van der Waals surface area (Å²) < 4.78 is 44.3. The van der Waals surface area contributed by atoms with E-state index in [1.165, 1.54) is 30.4 Å². The number of rotatable bonds is 5. The molecule has 8 nitrogen and oxygen atoms in total. The van der Waals surface area contributed by atoms with Crippen molar-refractivity contribution in [1.29, 1.82) is 0 Å². The summed E-state index contributed by atoms with van der Waals surface area (Å²) in [6.45, 7) is 1.36. The molecule has 0 saturated heterocycles. The van der Waals surface area contributed by atoms with Crippen molar-refractivity contribution in [3.8, 4) is 11.3 Å². The number of nitrogens with one attached hydrogen (secondary N) is 1. The number of hydrogen-bond acceptors (Lipinski definition) is 6. The highest BCUT2D eigenvalue weighted by molar-refractivity contribution is 8.05. The molecule has 2 N–H and O–H groups in total. The zero-order valence-corrected chi connectivity index (χ0v) is 14.5. The van der Waals surface area contributed by atoms with Crippen LogP contribution in [0.25, 0.3) is 11.3 Å². The Bertz CT molecular complexity index is 862. The predicted molar refractivity (Wildman–Crippen MR) is 89.9 cm³/mol. The molecule has 11 heteroatoms. The van der Waals surface area contributed by atoms with E-state index < -0.39 is 21.3 Å². The van der Waals surface area contributed by atoms with Crippen molar-refractivity contribution in [2.24, 2.45) is 0 Å². The fraction of sp³-hybridized carbons (Fsp3) is 0.167. The summed E-state index contributed by atoms with van der Waals surface area (Å²) in [7, 11) is -3.92. The number of aromatic nitrogens is 1. The molecule has 0 aliphatic heterocycles. The van der Waals surface area contributed by atoms with Crippen molar-refractivity contribution in [2.75, 3.05) is 15.3 Å².